The van der Waals surface area contributed by atoms with E-state index in [1.165, 1.54) is 18.3 Å². The van der Waals surface area contributed by atoms with Crippen LogP contribution in [-0.2, 0) is 0 Å². The summed E-state index contributed by atoms with van der Waals surface area (Å²) in [5.41, 5.74) is -0.157. The van der Waals surface area contributed by atoms with Gasteiger partial charge in [-0.1, -0.05) is 19.9 Å². The highest BCUT2D eigenvalue weighted by atomic mass is 32.1. The molecule has 0 aromatic carbocycles. The van der Waals surface area contributed by atoms with Crippen molar-refractivity contribution in [3.05, 3.63) is 52.0 Å². The summed E-state index contributed by atoms with van der Waals surface area (Å²) >= 11 is 1.56. The Morgan fingerprint density at radius 1 is 1.29 bits per heavy atom. The molecular formula is C15H16N2O3S. The summed E-state index contributed by atoms with van der Waals surface area (Å²) in [4.78, 5) is 28.4. The molecule has 110 valence electrons. The number of nitrogens with zero attached hydrogens (tertiary/aromatic N) is 1. The van der Waals surface area contributed by atoms with Gasteiger partial charge in [0.15, 0.2) is 0 Å². The van der Waals surface area contributed by atoms with Gasteiger partial charge in [0.1, 0.15) is 5.69 Å². The number of amides is 1. The Balaban J connectivity index is 2.26. The molecule has 21 heavy (non-hydrogen) atoms. The molecule has 2 aromatic rings. The van der Waals surface area contributed by atoms with Gasteiger partial charge >= 0.3 is 5.97 Å². The maximum absolute atomic E-state index is 12.3. The molecule has 1 unspecified atom stereocenters. The predicted octanol–water partition coefficient (Wildman–Crippen LogP) is 2.97. The molecule has 2 rings (SSSR count). The first-order valence-corrected chi connectivity index (χ1v) is 7.41. The van der Waals surface area contributed by atoms with Crippen LogP contribution in [0, 0.1) is 5.92 Å². The van der Waals surface area contributed by atoms with Gasteiger partial charge in [-0.05, 0) is 29.5 Å². The predicted molar refractivity (Wildman–Crippen MR) is 80.6 cm³/mol. The van der Waals surface area contributed by atoms with Gasteiger partial charge in [0, 0.05) is 11.1 Å². The van der Waals surface area contributed by atoms with Crippen molar-refractivity contribution < 1.29 is 14.7 Å². The van der Waals surface area contributed by atoms with Gasteiger partial charge in [0.05, 0.1) is 11.6 Å². The summed E-state index contributed by atoms with van der Waals surface area (Å²) in [6, 6.07) is 6.58. The van der Waals surface area contributed by atoms with Gasteiger partial charge in [-0.3, -0.25) is 9.78 Å². The normalized spacial score (nSPS) is 12.1. The van der Waals surface area contributed by atoms with Crippen molar-refractivity contribution in [3.63, 3.8) is 0 Å². The maximum atomic E-state index is 12.3. The van der Waals surface area contributed by atoms with E-state index < -0.39 is 11.9 Å². The summed E-state index contributed by atoms with van der Waals surface area (Å²) < 4.78 is 0. The van der Waals surface area contributed by atoms with Crippen LogP contribution in [0.4, 0.5) is 0 Å². The van der Waals surface area contributed by atoms with Crippen LogP contribution in [0.15, 0.2) is 35.8 Å². The van der Waals surface area contributed by atoms with E-state index in [-0.39, 0.29) is 23.2 Å². The number of hydrogen-bond donors (Lipinski definition) is 2. The third-order valence-corrected chi connectivity index (χ3v) is 4.01. The molecule has 2 aromatic heterocycles. The SMILES string of the molecule is CC(C)C(NC(=O)c1ncccc1C(=O)O)c1cccs1. The third kappa shape index (κ3) is 3.46. The molecule has 0 aliphatic carbocycles. The Labute approximate surface area is 126 Å². The first-order valence-electron chi connectivity index (χ1n) is 6.53. The van der Waals surface area contributed by atoms with Crippen molar-refractivity contribution in [1.29, 1.82) is 0 Å². The molecule has 0 aliphatic heterocycles. The summed E-state index contributed by atoms with van der Waals surface area (Å²) in [6.45, 7) is 4.00. The van der Waals surface area contributed by atoms with E-state index in [1.54, 1.807) is 11.3 Å². The van der Waals surface area contributed by atoms with Crippen LogP contribution >= 0.6 is 11.3 Å². The third-order valence-electron chi connectivity index (χ3n) is 3.06. The number of carbonyl (C=O) groups excluding carboxylic acids is 1. The lowest BCUT2D eigenvalue weighted by Crippen LogP contribution is -2.32. The number of carboxylic acid groups (broad SMARTS) is 1. The summed E-state index contributed by atoms with van der Waals surface area (Å²) in [6.07, 6.45) is 1.41. The molecule has 0 aliphatic rings. The van der Waals surface area contributed by atoms with Gasteiger partial charge in [0.25, 0.3) is 5.91 Å². The van der Waals surface area contributed by atoms with Gasteiger partial charge in [0.2, 0.25) is 0 Å². The van der Waals surface area contributed by atoms with E-state index in [4.69, 9.17) is 5.11 Å². The van der Waals surface area contributed by atoms with Gasteiger partial charge in [-0.25, -0.2) is 4.79 Å². The van der Waals surface area contributed by atoms with E-state index in [9.17, 15) is 9.59 Å². The van der Waals surface area contributed by atoms with E-state index >= 15 is 0 Å². The molecule has 0 radical (unpaired) electrons. The lowest BCUT2D eigenvalue weighted by molar-refractivity contribution is 0.0689. The lowest BCUT2D eigenvalue weighted by Gasteiger charge is -2.21. The fourth-order valence-corrected chi connectivity index (χ4v) is 2.95. The van der Waals surface area contributed by atoms with Crippen LogP contribution in [0.1, 0.15) is 45.6 Å². The highest BCUT2D eigenvalue weighted by molar-refractivity contribution is 7.10. The highest BCUT2D eigenvalue weighted by Crippen LogP contribution is 2.26. The topological polar surface area (TPSA) is 79.3 Å². The van der Waals surface area contributed by atoms with Gasteiger partial charge in [-0.15, -0.1) is 11.3 Å². The number of nitrogens with one attached hydrogen (secondary N) is 1. The first kappa shape index (κ1) is 15.2. The number of rotatable bonds is 5. The van der Waals surface area contributed by atoms with E-state index in [0.717, 1.165) is 4.88 Å². The number of aromatic carboxylic acids is 1. The minimum Gasteiger partial charge on any atom is -0.478 e. The minimum atomic E-state index is -1.16. The Morgan fingerprint density at radius 3 is 2.62 bits per heavy atom. The number of aromatic nitrogens is 1. The van der Waals surface area contributed by atoms with Crippen LogP contribution in [0.2, 0.25) is 0 Å². The monoisotopic (exact) mass is 304 g/mol. The molecule has 1 amide bonds. The van der Waals surface area contributed by atoms with Crippen LogP contribution in [0.3, 0.4) is 0 Å². The summed E-state index contributed by atoms with van der Waals surface area (Å²) in [5, 5.41) is 13.9. The van der Waals surface area contributed by atoms with E-state index in [1.807, 2.05) is 31.4 Å². The van der Waals surface area contributed by atoms with Gasteiger partial charge in [-0.2, -0.15) is 0 Å². The van der Waals surface area contributed by atoms with Crippen LogP contribution in [0.25, 0.3) is 0 Å². The average molecular weight is 304 g/mol. The zero-order chi connectivity index (χ0) is 15.4. The highest BCUT2D eigenvalue weighted by Gasteiger charge is 2.23. The number of carboxylic acids is 1. The quantitative estimate of drug-likeness (QED) is 0.890. The lowest BCUT2D eigenvalue weighted by atomic mass is 10.0. The van der Waals surface area contributed by atoms with Crippen molar-refractivity contribution in [1.82, 2.24) is 10.3 Å². The number of hydrogen-bond acceptors (Lipinski definition) is 4. The molecule has 2 N–H and O–H groups in total. The molecule has 0 saturated carbocycles. The summed E-state index contributed by atoms with van der Waals surface area (Å²) in [5.74, 6) is -1.45. The second-order valence-electron chi connectivity index (χ2n) is 4.92. The molecular weight excluding hydrogens is 288 g/mol. The van der Waals surface area contributed by atoms with Crippen LogP contribution in [-0.4, -0.2) is 22.0 Å². The minimum absolute atomic E-state index is 0.0628. The molecule has 0 fully saturated rings. The number of thiophene rings is 1. The molecule has 1 atom stereocenters. The molecule has 0 saturated heterocycles. The fraction of sp³-hybridized carbons (Fsp3) is 0.267. The maximum Gasteiger partial charge on any atom is 0.338 e. The summed E-state index contributed by atoms with van der Waals surface area (Å²) in [7, 11) is 0. The molecule has 0 spiro atoms. The first-order chi connectivity index (χ1) is 10.0. The average Bonchev–Trinajstić information content (AvgIpc) is 2.97. The Kier molecular flexibility index (Phi) is 4.70. The van der Waals surface area contributed by atoms with Gasteiger partial charge < -0.3 is 10.4 Å². The van der Waals surface area contributed by atoms with Crippen LogP contribution in [0.5, 0.6) is 0 Å². The van der Waals surface area contributed by atoms with Crippen molar-refractivity contribution in [2.45, 2.75) is 19.9 Å². The smallest absolute Gasteiger partial charge is 0.338 e. The Morgan fingerprint density at radius 2 is 2.05 bits per heavy atom. The second-order valence-corrected chi connectivity index (χ2v) is 5.89. The molecule has 6 heteroatoms. The van der Waals surface area contributed by atoms with Crippen molar-refractivity contribution in [2.75, 3.05) is 0 Å². The fourth-order valence-electron chi connectivity index (χ4n) is 2.00. The van der Waals surface area contributed by atoms with Crippen LogP contribution < -0.4 is 5.32 Å². The molecule has 2 heterocycles. The molecule has 5 nitrogen and oxygen atoms in total. The number of carbonyl (C=O) groups is 2. The Bertz CT molecular complexity index is 638. The van der Waals surface area contributed by atoms with E-state index in [0.29, 0.717) is 0 Å². The number of pyridine rings is 1. The second kappa shape index (κ2) is 6.49. The van der Waals surface area contributed by atoms with E-state index in [2.05, 4.69) is 10.3 Å². The zero-order valence-electron chi connectivity index (χ0n) is 11.7. The largest absolute Gasteiger partial charge is 0.478 e. The Hall–Kier alpha value is -2.21. The zero-order valence-corrected chi connectivity index (χ0v) is 12.6. The van der Waals surface area contributed by atoms with Crippen molar-refractivity contribution in [3.8, 4) is 0 Å². The molecule has 0 bridgehead atoms. The van der Waals surface area contributed by atoms with Crippen molar-refractivity contribution >= 4 is 23.2 Å². The standard InChI is InChI=1S/C15H16N2O3S/c1-9(2)12(11-6-4-8-21-11)17-14(18)13-10(15(19)20)5-3-7-16-13/h3-9,12H,1-2H3,(H,17,18)(H,19,20). The van der Waals surface area contributed by atoms with Crippen molar-refractivity contribution in [2.24, 2.45) is 5.92 Å².